The Balaban J connectivity index is 1.17. The molecule has 0 bridgehead atoms. The van der Waals surface area contributed by atoms with Gasteiger partial charge in [0.05, 0.1) is 0 Å². The molecule has 1 aliphatic carbocycles. The molecule has 1 heterocycles. The van der Waals surface area contributed by atoms with Gasteiger partial charge in [-0.15, -0.1) is 0 Å². The molecule has 1 aliphatic heterocycles. The fraction of sp³-hybridized carbons (Fsp3) is 0.478. The van der Waals surface area contributed by atoms with Gasteiger partial charge in [0.2, 0.25) is 0 Å². The summed E-state index contributed by atoms with van der Waals surface area (Å²) in [5, 5.41) is 3.64. The van der Waals surface area contributed by atoms with Crippen molar-refractivity contribution in [3.8, 4) is 5.75 Å². The number of nitrogens with one attached hydrogen (secondary N) is 1. The Morgan fingerprint density at radius 1 is 0.962 bits per heavy atom. The number of ether oxygens (including phenoxy) is 1. The molecule has 2 fully saturated rings. The highest BCUT2D eigenvalue weighted by molar-refractivity contribution is 5.28. The first-order chi connectivity index (χ1) is 12.8. The maximum absolute atomic E-state index is 5.89. The van der Waals surface area contributed by atoms with Crippen LogP contribution in [0.5, 0.6) is 5.75 Å². The number of hydrogen-bond donors (Lipinski definition) is 1. The Morgan fingerprint density at radius 2 is 1.69 bits per heavy atom. The monoisotopic (exact) mass is 350 g/mol. The number of nitrogens with zero attached hydrogens (tertiary/aromatic N) is 1. The van der Waals surface area contributed by atoms with Gasteiger partial charge in [-0.05, 0) is 68.5 Å². The molecule has 1 saturated carbocycles. The third-order valence-corrected chi connectivity index (χ3v) is 5.59. The molecule has 3 nitrogen and oxygen atoms in total. The van der Waals surface area contributed by atoms with E-state index in [2.05, 4.69) is 65.7 Å². The van der Waals surface area contributed by atoms with Gasteiger partial charge in [0.1, 0.15) is 12.4 Å². The van der Waals surface area contributed by atoms with E-state index in [-0.39, 0.29) is 0 Å². The Hall–Kier alpha value is -1.84. The van der Waals surface area contributed by atoms with Crippen LogP contribution < -0.4 is 10.1 Å². The Morgan fingerprint density at radius 3 is 2.42 bits per heavy atom. The van der Waals surface area contributed by atoms with Gasteiger partial charge in [0, 0.05) is 19.1 Å². The third kappa shape index (κ3) is 4.87. The lowest BCUT2D eigenvalue weighted by Gasteiger charge is -2.15. The summed E-state index contributed by atoms with van der Waals surface area (Å²) in [5.41, 5.74) is 3.81. The second kappa shape index (κ2) is 8.24. The van der Waals surface area contributed by atoms with E-state index in [0.717, 1.165) is 30.8 Å². The standard InChI is InChI=1S/C23H30N2O/c1-18-2-4-20(5-3-18)17-26-23-10-6-19(7-11-23)14-24-15-21-12-13-25(16-21)22-8-9-22/h2-7,10-11,21-22,24H,8-9,12-17H2,1H3/t21-/m0/s1. The Bertz CT molecular complexity index is 691. The molecule has 0 amide bonds. The predicted octanol–water partition coefficient (Wildman–Crippen LogP) is 4.15. The van der Waals surface area contributed by atoms with Crippen molar-refractivity contribution in [1.29, 1.82) is 0 Å². The summed E-state index contributed by atoms with van der Waals surface area (Å²) >= 11 is 0. The van der Waals surface area contributed by atoms with Crippen molar-refractivity contribution in [2.75, 3.05) is 19.6 Å². The molecule has 2 aliphatic rings. The first kappa shape index (κ1) is 17.6. The molecule has 1 saturated heterocycles. The zero-order valence-electron chi connectivity index (χ0n) is 15.8. The number of aryl methyl sites for hydroxylation is 1. The topological polar surface area (TPSA) is 24.5 Å². The maximum Gasteiger partial charge on any atom is 0.119 e. The molecule has 1 N–H and O–H groups in total. The Kier molecular flexibility index (Phi) is 5.57. The van der Waals surface area contributed by atoms with Gasteiger partial charge in [-0.2, -0.15) is 0 Å². The van der Waals surface area contributed by atoms with E-state index in [1.807, 2.05) is 0 Å². The molecule has 0 radical (unpaired) electrons. The molecule has 138 valence electrons. The lowest BCUT2D eigenvalue weighted by Crippen LogP contribution is -2.27. The largest absolute Gasteiger partial charge is 0.489 e. The highest BCUT2D eigenvalue weighted by Crippen LogP contribution is 2.31. The maximum atomic E-state index is 5.89. The van der Waals surface area contributed by atoms with E-state index in [1.54, 1.807) is 0 Å². The summed E-state index contributed by atoms with van der Waals surface area (Å²) < 4.78 is 5.89. The van der Waals surface area contributed by atoms with E-state index in [9.17, 15) is 0 Å². The quantitative estimate of drug-likeness (QED) is 0.774. The number of likely N-dealkylation sites (tertiary alicyclic amines) is 1. The van der Waals surface area contributed by atoms with Crippen molar-refractivity contribution < 1.29 is 4.74 Å². The number of hydrogen-bond acceptors (Lipinski definition) is 3. The second-order valence-corrected chi connectivity index (χ2v) is 7.93. The molecule has 26 heavy (non-hydrogen) atoms. The van der Waals surface area contributed by atoms with Crippen LogP contribution in [0.25, 0.3) is 0 Å². The molecule has 2 aromatic rings. The van der Waals surface area contributed by atoms with Crippen molar-refractivity contribution in [2.45, 2.75) is 45.4 Å². The van der Waals surface area contributed by atoms with E-state index in [1.165, 1.54) is 49.0 Å². The molecule has 0 aromatic heterocycles. The van der Waals surface area contributed by atoms with Gasteiger partial charge in [0.25, 0.3) is 0 Å². The van der Waals surface area contributed by atoms with Gasteiger partial charge in [-0.3, -0.25) is 0 Å². The van der Waals surface area contributed by atoms with E-state index < -0.39 is 0 Å². The van der Waals surface area contributed by atoms with Crippen LogP contribution in [0.1, 0.15) is 36.0 Å². The molecule has 0 unspecified atom stereocenters. The summed E-state index contributed by atoms with van der Waals surface area (Å²) in [6.07, 6.45) is 4.21. The SMILES string of the molecule is Cc1ccc(COc2ccc(CNC[C@@H]3CCN(C4CC4)C3)cc2)cc1. The van der Waals surface area contributed by atoms with Gasteiger partial charge < -0.3 is 15.0 Å². The lowest BCUT2D eigenvalue weighted by molar-refractivity contribution is 0.306. The molecule has 0 spiro atoms. The van der Waals surface area contributed by atoms with Gasteiger partial charge in [0.15, 0.2) is 0 Å². The van der Waals surface area contributed by atoms with Crippen LogP contribution >= 0.6 is 0 Å². The summed E-state index contributed by atoms with van der Waals surface area (Å²) in [4.78, 5) is 2.69. The van der Waals surface area contributed by atoms with Crippen molar-refractivity contribution in [3.05, 3.63) is 65.2 Å². The minimum atomic E-state index is 0.622. The van der Waals surface area contributed by atoms with Gasteiger partial charge >= 0.3 is 0 Å². The minimum Gasteiger partial charge on any atom is -0.489 e. The van der Waals surface area contributed by atoms with Crippen LogP contribution in [-0.4, -0.2) is 30.6 Å². The van der Waals surface area contributed by atoms with Crippen molar-refractivity contribution in [3.63, 3.8) is 0 Å². The lowest BCUT2D eigenvalue weighted by atomic mass is 10.1. The first-order valence-electron chi connectivity index (χ1n) is 9.98. The number of benzene rings is 2. The average Bonchev–Trinajstić information content (AvgIpc) is 3.41. The number of rotatable bonds is 8. The fourth-order valence-corrected chi connectivity index (χ4v) is 3.78. The molecule has 2 aromatic carbocycles. The molecule has 3 heteroatoms. The van der Waals surface area contributed by atoms with Crippen LogP contribution in [-0.2, 0) is 13.2 Å². The van der Waals surface area contributed by atoms with Crippen LogP contribution in [0, 0.1) is 12.8 Å². The van der Waals surface area contributed by atoms with E-state index in [4.69, 9.17) is 4.74 Å². The first-order valence-corrected chi connectivity index (χ1v) is 9.98. The zero-order chi connectivity index (χ0) is 17.8. The highest BCUT2D eigenvalue weighted by Gasteiger charge is 2.33. The van der Waals surface area contributed by atoms with Gasteiger partial charge in [-0.25, -0.2) is 0 Å². The molecule has 1 atom stereocenters. The van der Waals surface area contributed by atoms with E-state index >= 15 is 0 Å². The van der Waals surface area contributed by atoms with Crippen molar-refractivity contribution in [1.82, 2.24) is 10.2 Å². The van der Waals surface area contributed by atoms with E-state index in [0.29, 0.717) is 6.61 Å². The zero-order valence-corrected chi connectivity index (χ0v) is 15.8. The fourth-order valence-electron chi connectivity index (χ4n) is 3.78. The van der Waals surface area contributed by atoms with Gasteiger partial charge in [-0.1, -0.05) is 42.0 Å². The molecular formula is C23H30N2O. The third-order valence-electron chi connectivity index (χ3n) is 5.59. The molecule has 4 rings (SSSR count). The van der Waals surface area contributed by atoms with Crippen LogP contribution in [0.3, 0.4) is 0 Å². The normalized spacial score (nSPS) is 20.4. The second-order valence-electron chi connectivity index (χ2n) is 7.93. The van der Waals surface area contributed by atoms with Crippen LogP contribution in [0.4, 0.5) is 0 Å². The summed E-state index contributed by atoms with van der Waals surface area (Å²) in [6, 6.07) is 17.9. The minimum absolute atomic E-state index is 0.622. The summed E-state index contributed by atoms with van der Waals surface area (Å²) in [7, 11) is 0. The van der Waals surface area contributed by atoms with Crippen molar-refractivity contribution >= 4 is 0 Å². The highest BCUT2D eigenvalue weighted by atomic mass is 16.5. The summed E-state index contributed by atoms with van der Waals surface area (Å²) in [6.45, 7) is 7.41. The van der Waals surface area contributed by atoms with Crippen LogP contribution in [0.15, 0.2) is 48.5 Å². The van der Waals surface area contributed by atoms with Crippen LogP contribution in [0.2, 0.25) is 0 Å². The summed E-state index contributed by atoms with van der Waals surface area (Å²) in [5.74, 6) is 1.76. The van der Waals surface area contributed by atoms with Crippen molar-refractivity contribution in [2.24, 2.45) is 5.92 Å². The smallest absolute Gasteiger partial charge is 0.119 e. The Labute approximate surface area is 157 Å². The average molecular weight is 351 g/mol. The predicted molar refractivity (Wildman–Crippen MR) is 106 cm³/mol. The molecular weight excluding hydrogens is 320 g/mol.